The van der Waals surface area contributed by atoms with Crippen molar-refractivity contribution < 1.29 is 9.53 Å². The van der Waals surface area contributed by atoms with Crippen molar-refractivity contribution in [2.24, 2.45) is 5.73 Å². The Morgan fingerprint density at radius 3 is 2.86 bits per heavy atom. The highest BCUT2D eigenvalue weighted by atomic mass is 35.5. The molecule has 1 aliphatic heterocycles. The summed E-state index contributed by atoms with van der Waals surface area (Å²) in [5.41, 5.74) is 9.06. The van der Waals surface area contributed by atoms with Gasteiger partial charge in [0.15, 0.2) is 0 Å². The van der Waals surface area contributed by atoms with Crippen LogP contribution in [0.4, 0.5) is 5.69 Å². The van der Waals surface area contributed by atoms with Crippen LogP contribution in [0.1, 0.15) is 37.0 Å². The van der Waals surface area contributed by atoms with Gasteiger partial charge < -0.3 is 15.8 Å². The molecule has 29 heavy (non-hydrogen) atoms. The van der Waals surface area contributed by atoms with Crippen molar-refractivity contribution >= 4 is 34.8 Å². The van der Waals surface area contributed by atoms with Gasteiger partial charge in [-0.15, -0.1) is 0 Å². The van der Waals surface area contributed by atoms with Crippen LogP contribution in [0.2, 0.25) is 10.0 Å². The summed E-state index contributed by atoms with van der Waals surface area (Å²) in [4.78, 5) is 13.8. The maximum atomic E-state index is 11.4. The van der Waals surface area contributed by atoms with Gasteiger partial charge in [-0.25, -0.2) is 0 Å². The van der Waals surface area contributed by atoms with Crippen molar-refractivity contribution in [3.05, 3.63) is 57.6 Å². The molecule has 0 aromatic heterocycles. The molecule has 0 saturated carbocycles. The summed E-state index contributed by atoms with van der Waals surface area (Å²) in [7, 11) is 0. The summed E-state index contributed by atoms with van der Waals surface area (Å²) >= 11 is 12.8. The number of hydrogen-bond acceptors (Lipinski definition) is 4. The third kappa shape index (κ3) is 4.53. The minimum Gasteiger partial charge on any atom is -0.484 e. The van der Waals surface area contributed by atoms with Crippen LogP contribution in [0.5, 0.6) is 5.75 Å². The number of halogens is 2. The van der Waals surface area contributed by atoms with E-state index in [9.17, 15) is 4.79 Å². The minimum atomic E-state index is -0.209. The third-order valence-electron chi connectivity index (χ3n) is 5.64. The molecule has 2 aliphatic rings. The predicted octanol–water partition coefficient (Wildman–Crippen LogP) is 4.42. The van der Waals surface area contributed by atoms with Crippen LogP contribution in [0.15, 0.2) is 36.4 Å². The van der Waals surface area contributed by atoms with E-state index in [4.69, 9.17) is 33.7 Å². The number of carbonyl (C=O) groups excluding carboxylic acids is 1. The molecule has 154 valence electrons. The molecule has 5 nitrogen and oxygen atoms in total. The van der Waals surface area contributed by atoms with Crippen molar-refractivity contribution in [2.75, 3.05) is 18.4 Å². The number of nitrogens with zero attached hydrogens (tertiary/aromatic N) is 1. The topological polar surface area (TPSA) is 67.6 Å². The zero-order chi connectivity index (χ0) is 20.5. The molecule has 0 bridgehead atoms. The van der Waals surface area contributed by atoms with Gasteiger partial charge in [0.05, 0.1) is 6.04 Å². The maximum absolute atomic E-state index is 11.4. The summed E-state index contributed by atoms with van der Waals surface area (Å²) in [6.45, 7) is 3.32. The lowest BCUT2D eigenvalue weighted by Gasteiger charge is -2.38. The number of nitrogens with one attached hydrogen (secondary N) is 1. The van der Waals surface area contributed by atoms with Gasteiger partial charge in [0.2, 0.25) is 5.91 Å². The van der Waals surface area contributed by atoms with Gasteiger partial charge in [-0.2, -0.15) is 0 Å². The van der Waals surface area contributed by atoms with E-state index >= 15 is 0 Å². The number of anilines is 1. The van der Waals surface area contributed by atoms with Crippen molar-refractivity contribution in [1.29, 1.82) is 0 Å². The smallest absolute Gasteiger partial charge is 0.221 e. The van der Waals surface area contributed by atoms with E-state index in [2.05, 4.69) is 10.2 Å². The number of piperidine rings is 1. The number of rotatable bonds is 4. The fourth-order valence-corrected chi connectivity index (χ4v) is 5.00. The van der Waals surface area contributed by atoms with Crippen LogP contribution in [-0.4, -0.2) is 36.0 Å². The van der Waals surface area contributed by atoms with Crippen molar-refractivity contribution in [3.8, 4) is 5.75 Å². The lowest BCUT2D eigenvalue weighted by atomic mass is 10.0. The van der Waals surface area contributed by atoms with Crippen LogP contribution in [-0.2, 0) is 11.2 Å². The SMILES string of the molecule is CC(=O)Nc1cccc(O[C@@H]2c3cc(Cl)cc(Cl)c3C[C@H]2N2CCC[C@@H](N)C2)c1. The van der Waals surface area contributed by atoms with E-state index in [-0.39, 0.29) is 24.1 Å². The second-order valence-electron chi connectivity index (χ2n) is 7.87. The Labute approximate surface area is 181 Å². The highest BCUT2D eigenvalue weighted by molar-refractivity contribution is 6.35. The highest BCUT2D eigenvalue weighted by Gasteiger charge is 2.40. The molecule has 1 heterocycles. The van der Waals surface area contributed by atoms with Gasteiger partial charge in [0.1, 0.15) is 11.9 Å². The van der Waals surface area contributed by atoms with Crippen molar-refractivity contribution in [1.82, 2.24) is 4.90 Å². The van der Waals surface area contributed by atoms with Crippen LogP contribution in [0.25, 0.3) is 0 Å². The molecule has 1 aliphatic carbocycles. The Hall–Kier alpha value is -1.79. The number of benzene rings is 2. The molecule has 7 heteroatoms. The molecule has 0 spiro atoms. The van der Waals surface area contributed by atoms with Gasteiger partial charge in [-0.3, -0.25) is 9.69 Å². The number of amides is 1. The first-order valence-corrected chi connectivity index (χ1v) is 10.7. The lowest BCUT2D eigenvalue weighted by molar-refractivity contribution is -0.114. The number of fused-ring (bicyclic) bond motifs is 1. The fourth-order valence-electron chi connectivity index (χ4n) is 4.42. The lowest BCUT2D eigenvalue weighted by Crippen LogP contribution is -2.49. The molecule has 0 radical (unpaired) electrons. The van der Waals surface area contributed by atoms with Crippen LogP contribution in [0, 0.1) is 0 Å². The normalized spacial score (nSPS) is 24.2. The molecule has 1 fully saturated rings. The highest BCUT2D eigenvalue weighted by Crippen LogP contribution is 2.43. The summed E-state index contributed by atoms with van der Waals surface area (Å²) in [5.74, 6) is 0.573. The van der Waals surface area contributed by atoms with Crippen LogP contribution in [0.3, 0.4) is 0 Å². The minimum absolute atomic E-state index is 0.118. The van der Waals surface area contributed by atoms with Crippen molar-refractivity contribution in [3.63, 3.8) is 0 Å². The number of carbonyl (C=O) groups is 1. The molecule has 2 aromatic carbocycles. The Kier molecular flexibility index (Phi) is 6.02. The van der Waals surface area contributed by atoms with E-state index in [1.54, 1.807) is 6.07 Å². The molecule has 2 aromatic rings. The summed E-state index contributed by atoms with van der Waals surface area (Å²) in [6.07, 6.45) is 2.72. The van der Waals surface area contributed by atoms with E-state index in [0.29, 0.717) is 21.5 Å². The Balaban J connectivity index is 1.66. The summed E-state index contributed by atoms with van der Waals surface area (Å²) in [5, 5.41) is 4.08. The van der Waals surface area contributed by atoms with Gasteiger partial charge in [0, 0.05) is 46.9 Å². The van der Waals surface area contributed by atoms with E-state index in [0.717, 1.165) is 43.5 Å². The first kappa shape index (κ1) is 20.5. The molecule has 1 amide bonds. The summed E-state index contributed by atoms with van der Waals surface area (Å²) < 4.78 is 6.48. The molecule has 4 rings (SSSR count). The van der Waals surface area contributed by atoms with Gasteiger partial charge >= 0.3 is 0 Å². The average molecular weight is 434 g/mol. The third-order valence-corrected chi connectivity index (χ3v) is 6.20. The van der Waals surface area contributed by atoms with Gasteiger partial charge in [0.25, 0.3) is 0 Å². The standard InChI is InChI=1S/C22H25Cl2N3O2/c1-13(28)26-16-5-2-6-17(10-16)29-22-19-8-14(23)9-20(24)18(19)11-21(22)27-7-3-4-15(25)12-27/h2,5-6,8-10,15,21-22H,3-4,7,11-12,25H2,1H3,(H,26,28)/t15-,21-,22-/m1/s1. The summed E-state index contributed by atoms with van der Waals surface area (Å²) in [6, 6.07) is 11.5. The molecule has 3 N–H and O–H groups in total. The van der Waals surface area contributed by atoms with Crippen molar-refractivity contribution in [2.45, 2.75) is 44.4 Å². The molecule has 1 saturated heterocycles. The quantitative estimate of drug-likeness (QED) is 0.748. The van der Waals surface area contributed by atoms with Gasteiger partial charge in [-0.1, -0.05) is 29.3 Å². The van der Waals surface area contributed by atoms with Gasteiger partial charge in [-0.05, 0) is 55.6 Å². The van der Waals surface area contributed by atoms with E-state index < -0.39 is 0 Å². The molecule has 3 atom stereocenters. The Morgan fingerprint density at radius 1 is 1.28 bits per heavy atom. The predicted molar refractivity (Wildman–Crippen MR) is 117 cm³/mol. The number of hydrogen-bond donors (Lipinski definition) is 2. The first-order chi connectivity index (χ1) is 13.9. The largest absolute Gasteiger partial charge is 0.484 e. The second-order valence-corrected chi connectivity index (χ2v) is 8.72. The molecular formula is C22H25Cl2N3O2. The first-order valence-electron chi connectivity index (χ1n) is 9.92. The number of likely N-dealkylation sites (tertiary alicyclic amines) is 1. The molecular weight excluding hydrogens is 409 g/mol. The number of ether oxygens (including phenoxy) is 1. The maximum Gasteiger partial charge on any atom is 0.221 e. The van der Waals surface area contributed by atoms with E-state index in [1.807, 2.05) is 30.3 Å². The number of nitrogens with two attached hydrogens (primary N) is 1. The Morgan fingerprint density at radius 2 is 2.10 bits per heavy atom. The average Bonchev–Trinajstić information content (AvgIpc) is 3.00. The fraction of sp³-hybridized carbons (Fsp3) is 0.409. The van der Waals surface area contributed by atoms with Crippen LogP contribution >= 0.6 is 23.2 Å². The van der Waals surface area contributed by atoms with Crippen LogP contribution < -0.4 is 15.8 Å². The van der Waals surface area contributed by atoms with E-state index in [1.165, 1.54) is 6.92 Å². The second kappa shape index (κ2) is 8.52. The molecule has 0 unspecified atom stereocenters. The zero-order valence-corrected chi connectivity index (χ0v) is 17.8. The monoisotopic (exact) mass is 433 g/mol. The Bertz CT molecular complexity index is 921. The zero-order valence-electron chi connectivity index (χ0n) is 16.3.